The smallest absolute Gasteiger partial charge is 0.397 e. The Morgan fingerprint density at radius 1 is 0.911 bits per heavy atom. The molecule has 4 rings (SSSR count). The standard InChI is InChI=1S/C27H26ClN9O15S4/c1-27(37-36-18-7-5-15(13-20(18)55(46,47)48)53(41,42)10-9-52-56(49,50)51)8-2-3-14(11-21(27)32-24(29)40)30-25-33-23(28)34-26(35-25)31-19-12-16(54(43,44)45)4-6-17(19)22(38)39/h2-8,11-13H,9-10H2,1H3,(H,38,39)(H3,29,32,40)(H,43,44,45)(H,46,47,48)(H,49,50,51)(H2,30,31,33,34,35)/b37-36+. The van der Waals surface area contributed by atoms with Crippen LogP contribution in [0.1, 0.15) is 17.3 Å². The third-order valence-electron chi connectivity index (χ3n) is 6.95. The Hall–Kier alpha value is -5.46. The fourth-order valence-corrected chi connectivity index (χ4v) is 7.33. The molecule has 3 aromatic rings. The lowest BCUT2D eigenvalue weighted by atomic mass is 9.98. The number of nitrogens with zero attached hydrogens (tertiary/aromatic N) is 5. The molecule has 2 amide bonds. The maximum absolute atomic E-state index is 12.7. The minimum atomic E-state index is -5.19. The molecule has 2 aromatic carbocycles. The Kier molecular flexibility index (Phi) is 12.6. The maximum atomic E-state index is 12.7. The van der Waals surface area contributed by atoms with Crippen LogP contribution in [0, 0.1) is 0 Å². The molecule has 56 heavy (non-hydrogen) atoms. The summed E-state index contributed by atoms with van der Waals surface area (Å²) >= 11 is 6.06. The summed E-state index contributed by atoms with van der Waals surface area (Å²) in [6.07, 6.45) is 5.36. The molecule has 1 atom stereocenters. The second-order valence-electron chi connectivity index (χ2n) is 11.0. The van der Waals surface area contributed by atoms with Crippen molar-refractivity contribution in [2.75, 3.05) is 23.0 Å². The van der Waals surface area contributed by atoms with E-state index in [1.165, 1.54) is 31.2 Å². The van der Waals surface area contributed by atoms with Crippen LogP contribution in [0.15, 0.2) is 97.0 Å². The number of carbonyl (C=O) groups is 2. The molecule has 0 radical (unpaired) electrons. The molecule has 1 aromatic heterocycles. The molecular weight excluding hydrogens is 854 g/mol. The van der Waals surface area contributed by atoms with Crippen LogP contribution in [-0.2, 0) is 44.7 Å². The van der Waals surface area contributed by atoms with Gasteiger partial charge in [-0.3, -0.25) is 13.7 Å². The topological polar surface area (TPSA) is 386 Å². The van der Waals surface area contributed by atoms with Gasteiger partial charge in [0.25, 0.3) is 20.2 Å². The number of carboxylic acid groups (broad SMARTS) is 1. The number of halogens is 1. The first-order valence-electron chi connectivity index (χ1n) is 14.6. The van der Waals surface area contributed by atoms with Gasteiger partial charge in [0, 0.05) is 5.70 Å². The van der Waals surface area contributed by atoms with Gasteiger partial charge in [-0.15, -0.1) is 0 Å². The number of nitrogens with two attached hydrogens (primary N) is 1. The van der Waals surface area contributed by atoms with Crippen LogP contribution >= 0.6 is 11.6 Å². The Bertz CT molecular complexity index is 2690. The van der Waals surface area contributed by atoms with Gasteiger partial charge in [0.1, 0.15) is 16.1 Å². The molecule has 0 saturated heterocycles. The lowest BCUT2D eigenvalue weighted by molar-refractivity contribution is 0.0697. The van der Waals surface area contributed by atoms with E-state index in [0.29, 0.717) is 6.07 Å². The zero-order valence-electron chi connectivity index (χ0n) is 27.8. The zero-order chi connectivity index (χ0) is 41.9. The number of allylic oxidation sites excluding steroid dienone is 3. The van der Waals surface area contributed by atoms with Crippen LogP contribution in [0.3, 0.4) is 0 Å². The highest BCUT2D eigenvalue weighted by atomic mass is 35.5. The van der Waals surface area contributed by atoms with E-state index in [2.05, 4.69) is 45.3 Å². The van der Waals surface area contributed by atoms with Gasteiger partial charge in [-0.25, -0.2) is 22.2 Å². The van der Waals surface area contributed by atoms with Gasteiger partial charge in [0.2, 0.25) is 17.2 Å². The lowest BCUT2D eigenvalue weighted by Gasteiger charge is -2.23. The van der Waals surface area contributed by atoms with Gasteiger partial charge in [-0.2, -0.15) is 50.4 Å². The average molecular weight is 880 g/mol. The molecule has 300 valence electrons. The SMILES string of the molecule is CC1(/N=N/c2ccc(S(=O)(=O)CCOS(=O)(=O)O)cc2S(=O)(=O)O)C=CC=C(Nc2nc(Cl)nc(Nc3cc(S(=O)(=O)O)ccc3C(=O)O)n2)C=C1NC(N)=O. The molecule has 1 heterocycles. The van der Waals surface area contributed by atoms with Crippen molar-refractivity contribution in [3.63, 3.8) is 0 Å². The van der Waals surface area contributed by atoms with Crippen molar-refractivity contribution in [2.24, 2.45) is 16.0 Å². The summed E-state index contributed by atoms with van der Waals surface area (Å²) in [4.78, 5) is 33.2. The number of anilines is 3. The molecule has 1 aliphatic rings. The lowest BCUT2D eigenvalue weighted by Crippen LogP contribution is -2.38. The fraction of sp³-hybridized carbons (Fsp3) is 0.148. The average Bonchev–Trinajstić information content (AvgIpc) is 3.19. The van der Waals surface area contributed by atoms with Crippen molar-refractivity contribution in [3.8, 4) is 0 Å². The Balaban J connectivity index is 1.67. The largest absolute Gasteiger partial charge is 0.478 e. The third kappa shape index (κ3) is 11.5. The summed E-state index contributed by atoms with van der Waals surface area (Å²) in [6.45, 7) is 0.344. The molecule has 0 spiro atoms. The van der Waals surface area contributed by atoms with Crippen molar-refractivity contribution < 1.29 is 66.2 Å². The summed E-state index contributed by atoms with van der Waals surface area (Å²) in [5.41, 5.74) is 2.26. The second kappa shape index (κ2) is 16.3. The number of aromatic nitrogens is 3. The number of primary amides is 1. The number of nitrogens with one attached hydrogen (secondary N) is 3. The monoisotopic (exact) mass is 879 g/mol. The Labute approximate surface area is 321 Å². The van der Waals surface area contributed by atoms with Crippen LogP contribution in [0.25, 0.3) is 0 Å². The Morgan fingerprint density at radius 3 is 2.14 bits per heavy atom. The number of urea groups is 1. The number of amides is 2. The highest BCUT2D eigenvalue weighted by molar-refractivity contribution is 7.91. The molecule has 29 heteroatoms. The number of aromatic carboxylic acids is 1. The first kappa shape index (κ1) is 43.3. The van der Waals surface area contributed by atoms with E-state index in [1.807, 2.05) is 0 Å². The summed E-state index contributed by atoms with van der Waals surface area (Å²) in [7, 11) is -19.4. The maximum Gasteiger partial charge on any atom is 0.397 e. The van der Waals surface area contributed by atoms with E-state index < -0.39 is 108 Å². The highest BCUT2D eigenvalue weighted by Crippen LogP contribution is 2.33. The highest BCUT2D eigenvalue weighted by Gasteiger charge is 2.30. The van der Waals surface area contributed by atoms with Crippen molar-refractivity contribution in [1.29, 1.82) is 0 Å². The van der Waals surface area contributed by atoms with E-state index in [-0.39, 0.29) is 23.0 Å². The van der Waals surface area contributed by atoms with Gasteiger partial charge in [0.15, 0.2) is 9.84 Å². The first-order valence-corrected chi connectivity index (χ1v) is 20.9. The van der Waals surface area contributed by atoms with Gasteiger partial charge < -0.3 is 26.8 Å². The molecule has 1 unspecified atom stereocenters. The summed E-state index contributed by atoms with van der Waals surface area (Å²) in [5, 5.41) is 24.7. The van der Waals surface area contributed by atoms with Crippen LogP contribution in [-0.4, -0.2) is 97.3 Å². The van der Waals surface area contributed by atoms with Gasteiger partial charge in [-0.1, -0.05) is 6.08 Å². The molecular formula is C27H26ClN9O15S4. The molecule has 24 nitrogen and oxygen atoms in total. The normalized spacial score (nSPS) is 16.4. The Morgan fingerprint density at radius 2 is 1.55 bits per heavy atom. The van der Waals surface area contributed by atoms with Crippen LogP contribution in [0.2, 0.25) is 5.28 Å². The summed E-state index contributed by atoms with van der Waals surface area (Å²) in [5.74, 6) is -3.20. The number of rotatable bonds is 15. The van der Waals surface area contributed by atoms with E-state index in [1.54, 1.807) is 0 Å². The number of benzene rings is 2. The molecule has 1 aliphatic carbocycles. The van der Waals surface area contributed by atoms with Gasteiger partial charge in [0.05, 0.1) is 39.1 Å². The molecule has 0 aliphatic heterocycles. The summed E-state index contributed by atoms with van der Waals surface area (Å²) in [6, 6.07) is 3.72. The van der Waals surface area contributed by atoms with Crippen molar-refractivity contribution in [3.05, 3.63) is 82.9 Å². The molecule has 0 fully saturated rings. The predicted octanol–water partition coefficient (Wildman–Crippen LogP) is 2.01. The van der Waals surface area contributed by atoms with Crippen molar-refractivity contribution in [1.82, 2.24) is 20.3 Å². The molecule has 0 bridgehead atoms. The van der Waals surface area contributed by atoms with Crippen LogP contribution in [0.5, 0.6) is 0 Å². The number of carbonyl (C=O) groups excluding carboxylic acids is 1. The van der Waals surface area contributed by atoms with Gasteiger partial charge >= 0.3 is 22.4 Å². The molecule has 0 saturated carbocycles. The minimum absolute atomic E-state index is 0.0860. The quantitative estimate of drug-likeness (QED) is 0.0799. The molecule has 9 N–H and O–H groups in total. The third-order valence-corrected chi connectivity index (χ3v) is 11.0. The number of carboxylic acids is 1. The first-order chi connectivity index (χ1) is 25.8. The van der Waals surface area contributed by atoms with Crippen molar-refractivity contribution >= 4 is 87.3 Å². The van der Waals surface area contributed by atoms with E-state index >= 15 is 0 Å². The zero-order valence-corrected chi connectivity index (χ0v) is 31.8. The van der Waals surface area contributed by atoms with E-state index in [4.69, 9.17) is 21.9 Å². The number of hydrogen-bond donors (Lipinski definition) is 8. The van der Waals surface area contributed by atoms with Crippen LogP contribution in [0.4, 0.5) is 28.1 Å². The van der Waals surface area contributed by atoms with Crippen molar-refractivity contribution in [2.45, 2.75) is 27.1 Å². The van der Waals surface area contributed by atoms with Gasteiger partial charge in [-0.05, 0) is 73.2 Å². The number of hydrogen-bond acceptors (Lipinski definition) is 18. The summed E-state index contributed by atoms with van der Waals surface area (Å²) < 4.78 is 127. The van der Waals surface area contributed by atoms with E-state index in [9.17, 15) is 57.5 Å². The number of sulfone groups is 1. The number of azo groups is 1. The second-order valence-corrected chi connectivity index (χ2v) is 17.4. The van der Waals surface area contributed by atoms with E-state index in [0.717, 1.165) is 30.3 Å². The minimum Gasteiger partial charge on any atom is -0.478 e. The predicted molar refractivity (Wildman–Crippen MR) is 192 cm³/mol. The van der Waals surface area contributed by atoms with Crippen LogP contribution < -0.4 is 21.7 Å². The fourth-order valence-electron chi connectivity index (χ4n) is 4.43.